The lowest BCUT2D eigenvalue weighted by molar-refractivity contribution is -0.139. The minimum absolute atomic E-state index is 0.206. The fraction of sp³-hybridized carbons (Fsp3) is 0.381. The molecule has 2 rings (SSSR count). The average Bonchev–Trinajstić information content (AvgIpc) is 2.55. The van der Waals surface area contributed by atoms with Crippen molar-refractivity contribution in [2.45, 2.75) is 46.0 Å². The Balaban J connectivity index is 2.39. The molecule has 0 bridgehead atoms. The zero-order valence-corrected chi connectivity index (χ0v) is 16.3. The molecule has 0 saturated carbocycles. The zero-order chi connectivity index (χ0) is 19.4. The van der Waals surface area contributed by atoms with E-state index in [0.717, 1.165) is 22.3 Å². The van der Waals surface area contributed by atoms with Gasteiger partial charge in [0.15, 0.2) is 6.61 Å². The lowest BCUT2D eigenvalue weighted by Crippen LogP contribution is -2.10. The Bertz CT molecular complexity index is 797. The van der Waals surface area contributed by atoms with Gasteiger partial charge < -0.3 is 14.9 Å². The molecule has 26 heavy (non-hydrogen) atoms. The van der Waals surface area contributed by atoms with Gasteiger partial charge in [0.2, 0.25) is 0 Å². The molecule has 0 saturated heterocycles. The van der Waals surface area contributed by atoms with Crippen molar-refractivity contribution >= 4 is 17.6 Å². The van der Waals surface area contributed by atoms with Crippen molar-refractivity contribution in [1.82, 2.24) is 0 Å². The standard InChI is InChI=1S/C21H25ClO4/c1-12(2)16-9-15(26-11-21(24)25)10-19(22)18(16)8-14-5-6-20(23)17(7-14)13(3)4/h5-7,9-10,12-13,23H,8,11H2,1-4H3,(H,24,25). The highest BCUT2D eigenvalue weighted by atomic mass is 35.5. The predicted octanol–water partition coefficient (Wildman–Crippen LogP) is 5.35. The number of aromatic hydroxyl groups is 1. The van der Waals surface area contributed by atoms with Crippen molar-refractivity contribution in [2.75, 3.05) is 6.61 Å². The fourth-order valence-electron chi connectivity index (χ4n) is 2.94. The number of aliphatic carboxylic acids is 1. The number of hydrogen-bond donors (Lipinski definition) is 2. The average molecular weight is 377 g/mol. The molecule has 2 aromatic rings. The van der Waals surface area contributed by atoms with Crippen molar-refractivity contribution < 1.29 is 19.7 Å². The number of rotatable bonds is 7. The Labute approximate surface area is 159 Å². The second-order valence-corrected chi connectivity index (χ2v) is 7.44. The molecule has 0 atom stereocenters. The molecule has 0 spiro atoms. The van der Waals surface area contributed by atoms with Crippen LogP contribution in [0.15, 0.2) is 30.3 Å². The molecule has 0 fully saturated rings. The van der Waals surface area contributed by atoms with Crippen molar-refractivity contribution in [3.63, 3.8) is 0 Å². The minimum Gasteiger partial charge on any atom is -0.508 e. The molecular weight excluding hydrogens is 352 g/mol. The minimum atomic E-state index is -1.03. The number of carboxylic acids is 1. The topological polar surface area (TPSA) is 66.8 Å². The molecule has 0 unspecified atom stereocenters. The van der Waals surface area contributed by atoms with Crippen LogP contribution in [0.3, 0.4) is 0 Å². The summed E-state index contributed by atoms with van der Waals surface area (Å²) in [6.07, 6.45) is 0.631. The molecule has 0 aromatic heterocycles. The highest BCUT2D eigenvalue weighted by Crippen LogP contribution is 2.34. The molecule has 0 amide bonds. The Kier molecular flexibility index (Phi) is 6.54. The van der Waals surface area contributed by atoms with E-state index in [9.17, 15) is 9.90 Å². The van der Waals surface area contributed by atoms with Crippen LogP contribution in [0.2, 0.25) is 5.02 Å². The van der Waals surface area contributed by atoms with Crippen LogP contribution in [0.25, 0.3) is 0 Å². The molecule has 4 nitrogen and oxygen atoms in total. The van der Waals surface area contributed by atoms with Crippen molar-refractivity contribution in [3.8, 4) is 11.5 Å². The number of benzene rings is 2. The van der Waals surface area contributed by atoms with Gasteiger partial charge in [0.1, 0.15) is 11.5 Å². The maximum Gasteiger partial charge on any atom is 0.341 e. The number of carbonyl (C=O) groups is 1. The van der Waals surface area contributed by atoms with E-state index in [0.29, 0.717) is 22.9 Å². The lowest BCUT2D eigenvalue weighted by atomic mass is 9.91. The summed E-state index contributed by atoms with van der Waals surface area (Å²) in [6.45, 7) is 7.81. The van der Waals surface area contributed by atoms with Crippen LogP contribution in [0.1, 0.15) is 61.8 Å². The number of phenols is 1. The Morgan fingerprint density at radius 3 is 2.31 bits per heavy atom. The third-order valence-corrected chi connectivity index (χ3v) is 4.62. The van der Waals surface area contributed by atoms with Gasteiger partial charge >= 0.3 is 5.97 Å². The zero-order valence-electron chi connectivity index (χ0n) is 15.5. The predicted molar refractivity (Wildman–Crippen MR) is 104 cm³/mol. The highest BCUT2D eigenvalue weighted by molar-refractivity contribution is 6.31. The first-order valence-corrected chi connectivity index (χ1v) is 9.05. The van der Waals surface area contributed by atoms with Crippen LogP contribution < -0.4 is 4.74 Å². The second kappa shape index (κ2) is 8.45. The summed E-state index contributed by atoms with van der Waals surface area (Å²) in [5.41, 5.74) is 3.99. The largest absolute Gasteiger partial charge is 0.508 e. The van der Waals surface area contributed by atoms with Gasteiger partial charge in [-0.3, -0.25) is 0 Å². The number of hydrogen-bond acceptors (Lipinski definition) is 3. The SMILES string of the molecule is CC(C)c1cc(Cc2c(Cl)cc(OCC(=O)O)cc2C(C)C)ccc1O. The Morgan fingerprint density at radius 2 is 1.73 bits per heavy atom. The number of carboxylic acid groups (broad SMARTS) is 1. The smallest absolute Gasteiger partial charge is 0.341 e. The molecule has 0 aliphatic carbocycles. The first kappa shape index (κ1) is 20.1. The summed E-state index contributed by atoms with van der Waals surface area (Å²) >= 11 is 6.50. The molecule has 0 aliphatic rings. The van der Waals surface area contributed by atoms with Gasteiger partial charge in [0.25, 0.3) is 0 Å². The van der Waals surface area contributed by atoms with E-state index in [1.165, 1.54) is 0 Å². The Hall–Kier alpha value is -2.20. The summed E-state index contributed by atoms with van der Waals surface area (Å²) in [6, 6.07) is 9.15. The van der Waals surface area contributed by atoms with Gasteiger partial charge in [-0.05, 0) is 58.7 Å². The van der Waals surface area contributed by atoms with Crippen LogP contribution in [0.4, 0.5) is 0 Å². The van der Waals surface area contributed by atoms with Crippen molar-refractivity contribution in [2.24, 2.45) is 0 Å². The normalized spacial score (nSPS) is 11.2. The summed E-state index contributed by atoms with van der Waals surface area (Å²) in [7, 11) is 0. The molecule has 5 heteroatoms. The summed E-state index contributed by atoms with van der Waals surface area (Å²) in [5.74, 6) is 0.163. The van der Waals surface area contributed by atoms with Crippen LogP contribution >= 0.6 is 11.6 Å². The van der Waals surface area contributed by atoms with Crippen molar-refractivity contribution in [1.29, 1.82) is 0 Å². The third kappa shape index (κ3) is 4.92. The van der Waals surface area contributed by atoms with Crippen LogP contribution in [0.5, 0.6) is 11.5 Å². The van der Waals surface area contributed by atoms with Gasteiger partial charge in [0.05, 0.1) is 0 Å². The molecule has 0 aliphatic heterocycles. The maximum atomic E-state index is 10.7. The van der Waals surface area contributed by atoms with E-state index in [-0.39, 0.29) is 11.8 Å². The number of phenolic OH excluding ortho intramolecular Hbond substituents is 1. The van der Waals surface area contributed by atoms with Crippen LogP contribution in [-0.4, -0.2) is 22.8 Å². The van der Waals surface area contributed by atoms with Gasteiger partial charge in [-0.25, -0.2) is 4.79 Å². The second-order valence-electron chi connectivity index (χ2n) is 7.03. The molecule has 0 heterocycles. The van der Waals surface area contributed by atoms with E-state index in [1.54, 1.807) is 12.1 Å². The molecule has 2 N–H and O–H groups in total. The quantitative estimate of drug-likeness (QED) is 0.683. The van der Waals surface area contributed by atoms with E-state index in [1.807, 2.05) is 32.0 Å². The van der Waals surface area contributed by atoms with Crippen molar-refractivity contribution in [3.05, 3.63) is 57.6 Å². The number of halogens is 1. The molecule has 0 radical (unpaired) electrons. The molecule has 2 aromatic carbocycles. The summed E-state index contributed by atoms with van der Waals surface area (Å²) in [4.78, 5) is 10.7. The summed E-state index contributed by atoms with van der Waals surface area (Å²) in [5, 5.41) is 19.4. The third-order valence-electron chi connectivity index (χ3n) is 4.28. The first-order chi connectivity index (χ1) is 12.2. The fourth-order valence-corrected chi connectivity index (χ4v) is 3.23. The van der Waals surface area contributed by atoms with E-state index >= 15 is 0 Å². The van der Waals surface area contributed by atoms with Gasteiger partial charge in [-0.1, -0.05) is 51.4 Å². The van der Waals surface area contributed by atoms with E-state index < -0.39 is 12.6 Å². The highest BCUT2D eigenvalue weighted by Gasteiger charge is 2.16. The lowest BCUT2D eigenvalue weighted by Gasteiger charge is -2.18. The van der Waals surface area contributed by atoms with Gasteiger partial charge in [-0.2, -0.15) is 0 Å². The van der Waals surface area contributed by atoms with E-state index in [2.05, 4.69) is 13.8 Å². The molecular formula is C21H25ClO4. The first-order valence-electron chi connectivity index (χ1n) is 8.67. The van der Waals surface area contributed by atoms with Gasteiger partial charge in [-0.15, -0.1) is 0 Å². The summed E-state index contributed by atoms with van der Waals surface area (Å²) < 4.78 is 5.29. The monoisotopic (exact) mass is 376 g/mol. The van der Waals surface area contributed by atoms with Crippen LogP contribution in [0, 0.1) is 0 Å². The van der Waals surface area contributed by atoms with E-state index in [4.69, 9.17) is 21.4 Å². The Morgan fingerprint density at radius 1 is 1.08 bits per heavy atom. The van der Waals surface area contributed by atoms with Gasteiger partial charge in [0, 0.05) is 5.02 Å². The molecule has 140 valence electrons. The maximum absolute atomic E-state index is 10.7. The number of ether oxygens (including phenoxy) is 1. The van der Waals surface area contributed by atoms with Crippen LogP contribution in [-0.2, 0) is 11.2 Å².